The molecular weight excluding hydrogens is 450 g/mol. The van der Waals surface area contributed by atoms with Gasteiger partial charge in [-0.3, -0.25) is 0 Å². The van der Waals surface area contributed by atoms with Crippen LogP contribution in [0.3, 0.4) is 0 Å². The highest BCUT2D eigenvalue weighted by molar-refractivity contribution is 14.1. The highest BCUT2D eigenvalue weighted by atomic mass is 127. The molecule has 0 saturated heterocycles. The molecule has 0 aliphatic rings. The molecule has 4 heteroatoms. The molecule has 0 N–H and O–H groups in total. The summed E-state index contributed by atoms with van der Waals surface area (Å²) in [6.07, 6.45) is 0. The van der Waals surface area contributed by atoms with Crippen molar-refractivity contribution in [1.82, 2.24) is 0 Å². The van der Waals surface area contributed by atoms with Crippen LogP contribution >= 0.6 is 50.1 Å². The van der Waals surface area contributed by atoms with Gasteiger partial charge < -0.3 is 4.74 Å². The van der Waals surface area contributed by atoms with E-state index in [1.54, 1.807) is 0 Å². The molecule has 0 aliphatic carbocycles. The molecule has 20 heavy (non-hydrogen) atoms. The molecule has 1 nitrogen and oxygen atoms in total. The molecule has 0 bridgehead atoms. The molecule has 0 saturated carbocycles. The third-order valence-corrected chi connectivity index (χ3v) is 5.62. The second-order valence-electron chi connectivity index (χ2n) is 4.46. The van der Waals surface area contributed by atoms with Crippen molar-refractivity contribution in [3.05, 3.63) is 61.1 Å². The van der Waals surface area contributed by atoms with Crippen molar-refractivity contribution < 1.29 is 4.74 Å². The van der Waals surface area contributed by atoms with E-state index in [9.17, 15) is 0 Å². The fourth-order valence-corrected chi connectivity index (χ4v) is 3.68. The molecule has 1 unspecified atom stereocenters. The van der Waals surface area contributed by atoms with E-state index in [4.69, 9.17) is 16.3 Å². The lowest BCUT2D eigenvalue weighted by molar-refractivity contribution is 0.338. The largest absolute Gasteiger partial charge is 0.493 e. The standard InChI is InChI=1S/C16H15BrClIO/c1-3-20-14-8-7-11(9-13(14)17)15(18)12-6-4-5-10(2)16(12)19/h4-9,15H,3H2,1-2H3. The number of hydrogen-bond donors (Lipinski definition) is 0. The van der Waals surface area contributed by atoms with Crippen molar-refractivity contribution in [1.29, 1.82) is 0 Å². The molecule has 0 heterocycles. The smallest absolute Gasteiger partial charge is 0.133 e. The average Bonchev–Trinajstić information content (AvgIpc) is 2.43. The molecule has 0 spiro atoms. The second kappa shape index (κ2) is 7.14. The van der Waals surface area contributed by atoms with Crippen LogP contribution in [0, 0.1) is 10.5 Å². The Morgan fingerprint density at radius 3 is 2.70 bits per heavy atom. The SMILES string of the molecule is CCOc1ccc(C(Cl)c2cccc(C)c2I)cc1Br. The first-order valence-electron chi connectivity index (χ1n) is 6.36. The zero-order valence-electron chi connectivity index (χ0n) is 11.3. The maximum absolute atomic E-state index is 6.64. The van der Waals surface area contributed by atoms with Crippen molar-refractivity contribution in [2.75, 3.05) is 6.61 Å². The Bertz CT molecular complexity index is 615. The van der Waals surface area contributed by atoms with Crippen molar-refractivity contribution >= 4 is 50.1 Å². The van der Waals surface area contributed by atoms with Gasteiger partial charge >= 0.3 is 0 Å². The minimum Gasteiger partial charge on any atom is -0.493 e. The summed E-state index contributed by atoms with van der Waals surface area (Å²) in [5.41, 5.74) is 3.45. The van der Waals surface area contributed by atoms with E-state index in [1.807, 2.05) is 31.2 Å². The van der Waals surface area contributed by atoms with E-state index in [0.717, 1.165) is 21.3 Å². The van der Waals surface area contributed by atoms with Crippen LogP contribution in [0.2, 0.25) is 0 Å². The molecule has 1 atom stereocenters. The average molecular weight is 466 g/mol. The number of hydrogen-bond acceptors (Lipinski definition) is 1. The summed E-state index contributed by atoms with van der Waals surface area (Å²) in [7, 11) is 0. The zero-order valence-corrected chi connectivity index (χ0v) is 15.8. The quantitative estimate of drug-likeness (QED) is 0.392. The highest BCUT2D eigenvalue weighted by Crippen LogP contribution is 2.36. The van der Waals surface area contributed by atoms with Crippen LogP contribution in [0.15, 0.2) is 40.9 Å². The maximum Gasteiger partial charge on any atom is 0.133 e. The van der Waals surface area contributed by atoms with Gasteiger partial charge in [-0.05, 0) is 81.2 Å². The lowest BCUT2D eigenvalue weighted by Crippen LogP contribution is -1.99. The molecule has 2 rings (SSSR count). The molecule has 0 aliphatic heterocycles. The first-order valence-corrected chi connectivity index (χ1v) is 8.66. The predicted octanol–water partition coefficient (Wildman–Crippen LogP) is 6.09. The Labute approximate surface area is 146 Å². The third-order valence-electron chi connectivity index (χ3n) is 3.04. The van der Waals surface area contributed by atoms with E-state index in [0.29, 0.717) is 6.61 Å². The van der Waals surface area contributed by atoms with Crippen molar-refractivity contribution in [2.45, 2.75) is 19.2 Å². The van der Waals surface area contributed by atoms with Crippen LogP contribution in [0.25, 0.3) is 0 Å². The van der Waals surface area contributed by atoms with Gasteiger partial charge in [0, 0.05) is 3.57 Å². The summed E-state index contributed by atoms with van der Waals surface area (Å²) in [4.78, 5) is 0. The van der Waals surface area contributed by atoms with E-state index < -0.39 is 0 Å². The third kappa shape index (κ3) is 3.49. The Balaban J connectivity index is 2.36. The Morgan fingerprint density at radius 2 is 2.05 bits per heavy atom. The summed E-state index contributed by atoms with van der Waals surface area (Å²) >= 11 is 12.5. The van der Waals surface area contributed by atoms with Crippen LogP contribution in [0.4, 0.5) is 0 Å². The normalized spacial score (nSPS) is 12.2. The molecule has 2 aromatic rings. The van der Waals surface area contributed by atoms with Crippen molar-refractivity contribution in [3.8, 4) is 5.75 Å². The van der Waals surface area contributed by atoms with Gasteiger partial charge in [-0.2, -0.15) is 0 Å². The minimum absolute atomic E-state index is 0.159. The van der Waals surface area contributed by atoms with Gasteiger partial charge in [-0.15, -0.1) is 11.6 Å². The summed E-state index contributed by atoms with van der Waals surface area (Å²) in [5, 5.41) is -0.159. The lowest BCUT2D eigenvalue weighted by atomic mass is 10.0. The molecule has 0 fully saturated rings. The first kappa shape index (κ1) is 16.1. The highest BCUT2D eigenvalue weighted by Gasteiger charge is 2.16. The van der Waals surface area contributed by atoms with Gasteiger partial charge in [0.15, 0.2) is 0 Å². The van der Waals surface area contributed by atoms with Crippen LogP contribution in [0.5, 0.6) is 5.75 Å². The lowest BCUT2D eigenvalue weighted by Gasteiger charge is -2.15. The number of alkyl halides is 1. The Morgan fingerprint density at radius 1 is 1.30 bits per heavy atom. The molecular formula is C16H15BrClIO. The Hall–Kier alpha value is -0.260. The molecule has 0 radical (unpaired) electrons. The Kier molecular flexibility index (Phi) is 5.75. The monoisotopic (exact) mass is 464 g/mol. The number of benzene rings is 2. The van der Waals surface area contributed by atoms with Crippen molar-refractivity contribution in [3.63, 3.8) is 0 Å². The summed E-state index contributed by atoms with van der Waals surface area (Å²) in [5.74, 6) is 0.846. The van der Waals surface area contributed by atoms with Gasteiger partial charge in [-0.25, -0.2) is 0 Å². The van der Waals surface area contributed by atoms with Gasteiger partial charge in [0.2, 0.25) is 0 Å². The van der Waals surface area contributed by atoms with E-state index in [2.05, 4.69) is 57.6 Å². The fourth-order valence-electron chi connectivity index (χ4n) is 1.99. The molecule has 0 amide bonds. The summed E-state index contributed by atoms with van der Waals surface area (Å²) < 4.78 is 7.68. The molecule has 106 valence electrons. The van der Waals surface area contributed by atoms with Crippen LogP contribution in [-0.2, 0) is 0 Å². The van der Waals surface area contributed by atoms with E-state index in [-0.39, 0.29) is 5.38 Å². The summed E-state index contributed by atoms with van der Waals surface area (Å²) in [6, 6.07) is 12.2. The van der Waals surface area contributed by atoms with Gasteiger partial charge in [0.25, 0.3) is 0 Å². The van der Waals surface area contributed by atoms with Crippen LogP contribution in [-0.4, -0.2) is 6.61 Å². The van der Waals surface area contributed by atoms with Gasteiger partial charge in [0.1, 0.15) is 5.75 Å². The topological polar surface area (TPSA) is 9.23 Å². The van der Waals surface area contributed by atoms with Crippen LogP contribution in [0.1, 0.15) is 29.0 Å². The number of halogens is 3. The predicted molar refractivity (Wildman–Crippen MR) is 96.9 cm³/mol. The second-order valence-corrected chi connectivity index (χ2v) is 6.83. The van der Waals surface area contributed by atoms with Gasteiger partial charge in [0.05, 0.1) is 16.5 Å². The number of rotatable bonds is 4. The number of ether oxygens (including phenoxy) is 1. The zero-order chi connectivity index (χ0) is 14.7. The van der Waals surface area contributed by atoms with Crippen molar-refractivity contribution in [2.24, 2.45) is 0 Å². The maximum atomic E-state index is 6.64. The molecule has 0 aromatic heterocycles. The number of aryl methyl sites for hydroxylation is 1. The van der Waals surface area contributed by atoms with Gasteiger partial charge in [-0.1, -0.05) is 24.3 Å². The van der Waals surface area contributed by atoms with Crippen LogP contribution < -0.4 is 4.74 Å². The fraction of sp³-hybridized carbons (Fsp3) is 0.250. The minimum atomic E-state index is -0.159. The summed E-state index contributed by atoms with van der Waals surface area (Å²) in [6.45, 7) is 4.72. The molecule has 2 aromatic carbocycles. The first-order chi connectivity index (χ1) is 9.54. The van der Waals surface area contributed by atoms with E-state index >= 15 is 0 Å². The van der Waals surface area contributed by atoms with E-state index in [1.165, 1.54) is 9.13 Å².